The van der Waals surface area contributed by atoms with Crippen molar-refractivity contribution in [1.82, 2.24) is 0 Å². The third-order valence-electron chi connectivity index (χ3n) is 3.24. The first-order chi connectivity index (χ1) is 9.84. The van der Waals surface area contributed by atoms with Gasteiger partial charge in [-0.25, -0.2) is 13.2 Å². The van der Waals surface area contributed by atoms with Crippen LogP contribution >= 0.6 is 0 Å². The summed E-state index contributed by atoms with van der Waals surface area (Å²) in [5.41, 5.74) is 1.23. The van der Waals surface area contributed by atoms with Crippen LogP contribution in [0.2, 0.25) is 0 Å². The third-order valence-corrected chi connectivity index (χ3v) is 5.43. The lowest BCUT2D eigenvalue weighted by Crippen LogP contribution is -2.16. The van der Waals surface area contributed by atoms with Crippen molar-refractivity contribution in [2.45, 2.75) is 24.0 Å². The van der Waals surface area contributed by atoms with Crippen LogP contribution in [-0.2, 0) is 9.84 Å². The number of benzene rings is 2. The summed E-state index contributed by atoms with van der Waals surface area (Å²) in [5, 5.41) is 8.46. The summed E-state index contributed by atoms with van der Waals surface area (Å²) in [6, 6.07) is 13.3. The number of hydrogen-bond acceptors (Lipinski definition) is 3. The number of carboxylic acids is 1. The van der Waals surface area contributed by atoms with Crippen LogP contribution in [0.3, 0.4) is 0 Å². The summed E-state index contributed by atoms with van der Waals surface area (Å²) >= 11 is 0. The summed E-state index contributed by atoms with van der Waals surface area (Å²) in [5.74, 6) is -1.14. The highest BCUT2D eigenvalue weighted by Gasteiger charge is 2.24. The molecule has 0 bridgehead atoms. The fourth-order valence-corrected chi connectivity index (χ4v) is 3.29. The van der Waals surface area contributed by atoms with E-state index in [1.54, 1.807) is 32.0 Å². The van der Waals surface area contributed by atoms with Crippen LogP contribution in [0.5, 0.6) is 0 Å². The van der Waals surface area contributed by atoms with Crippen molar-refractivity contribution in [2.24, 2.45) is 0 Å². The third kappa shape index (κ3) is 2.97. The molecular formula is C16H16O4S. The van der Waals surface area contributed by atoms with Crippen LogP contribution in [0.15, 0.2) is 53.4 Å². The van der Waals surface area contributed by atoms with Crippen LogP contribution < -0.4 is 0 Å². The minimum atomic E-state index is -3.58. The normalized spacial score (nSPS) is 11.6. The molecule has 0 radical (unpaired) electrons. The number of sulfone groups is 1. The molecule has 2 rings (SSSR count). The molecule has 0 aliphatic carbocycles. The van der Waals surface area contributed by atoms with Gasteiger partial charge in [-0.05, 0) is 31.5 Å². The zero-order valence-corrected chi connectivity index (χ0v) is 12.6. The summed E-state index contributed by atoms with van der Waals surface area (Å²) < 4.78 is 25.0. The largest absolute Gasteiger partial charge is 0.478 e. The Bertz CT molecular complexity index is 762. The minimum Gasteiger partial charge on any atom is -0.478 e. The van der Waals surface area contributed by atoms with E-state index in [-0.39, 0.29) is 10.5 Å². The first-order valence-electron chi connectivity index (χ1n) is 6.50. The van der Waals surface area contributed by atoms with Crippen molar-refractivity contribution in [2.75, 3.05) is 0 Å². The molecule has 0 saturated carbocycles. The van der Waals surface area contributed by atoms with Gasteiger partial charge < -0.3 is 5.11 Å². The Morgan fingerprint density at radius 2 is 1.67 bits per heavy atom. The monoisotopic (exact) mass is 304 g/mol. The zero-order valence-electron chi connectivity index (χ0n) is 11.8. The van der Waals surface area contributed by atoms with Gasteiger partial charge in [-0.1, -0.05) is 36.4 Å². The van der Waals surface area contributed by atoms with Gasteiger partial charge in [-0.2, -0.15) is 0 Å². The number of rotatable bonds is 4. The molecule has 0 atom stereocenters. The van der Waals surface area contributed by atoms with Crippen molar-refractivity contribution in [3.8, 4) is 11.1 Å². The molecule has 1 N–H and O–H groups in total. The van der Waals surface area contributed by atoms with Crippen molar-refractivity contribution < 1.29 is 18.3 Å². The molecule has 0 amide bonds. The highest BCUT2D eigenvalue weighted by atomic mass is 32.2. The molecule has 21 heavy (non-hydrogen) atoms. The molecule has 0 heterocycles. The van der Waals surface area contributed by atoms with E-state index in [1.165, 1.54) is 12.1 Å². The standard InChI is InChI=1S/C16H16O4S/c1-11(2)21(19,20)15-10-13(16(17)18)8-9-14(15)12-6-4-3-5-7-12/h3-11H,1-2H3,(H,17,18). The van der Waals surface area contributed by atoms with E-state index in [9.17, 15) is 13.2 Å². The molecule has 0 aliphatic heterocycles. The Morgan fingerprint density at radius 3 is 2.19 bits per heavy atom. The second kappa shape index (κ2) is 5.69. The van der Waals surface area contributed by atoms with Crippen LogP contribution in [0, 0.1) is 0 Å². The first-order valence-corrected chi connectivity index (χ1v) is 8.05. The highest BCUT2D eigenvalue weighted by molar-refractivity contribution is 7.92. The van der Waals surface area contributed by atoms with Crippen molar-refractivity contribution in [3.63, 3.8) is 0 Å². The van der Waals surface area contributed by atoms with E-state index >= 15 is 0 Å². The second-order valence-corrected chi connectivity index (χ2v) is 7.45. The Morgan fingerprint density at radius 1 is 1.05 bits per heavy atom. The van der Waals surface area contributed by atoms with Crippen LogP contribution in [0.1, 0.15) is 24.2 Å². The predicted molar refractivity (Wildman–Crippen MR) is 81.2 cm³/mol. The topological polar surface area (TPSA) is 71.4 Å². The molecular weight excluding hydrogens is 288 g/mol. The Balaban J connectivity index is 2.75. The molecule has 0 aromatic heterocycles. The van der Waals surface area contributed by atoms with E-state index in [1.807, 2.05) is 18.2 Å². The zero-order chi connectivity index (χ0) is 15.6. The molecule has 5 heteroatoms. The Kier molecular flexibility index (Phi) is 4.14. The lowest BCUT2D eigenvalue weighted by Gasteiger charge is -2.14. The van der Waals surface area contributed by atoms with E-state index in [0.717, 1.165) is 5.56 Å². The average Bonchev–Trinajstić information content (AvgIpc) is 2.47. The van der Waals surface area contributed by atoms with Gasteiger partial charge in [0.2, 0.25) is 0 Å². The van der Waals surface area contributed by atoms with Gasteiger partial charge in [0.25, 0.3) is 0 Å². The van der Waals surface area contributed by atoms with E-state index in [4.69, 9.17) is 5.11 Å². The van der Waals surface area contributed by atoms with E-state index < -0.39 is 21.1 Å². The fourth-order valence-electron chi connectivity index (χ4n) is 2.00. The molecule has 0 saturated heterocycles. The maximum Gasteiger partial charge on any atom is 0.335 e. The predicted octanol–water partition coefficient (Wildman–Crippen LogP) is 3.23. The molecule has 0 aliphatic rings. The summed E-state index contributed by atoms with van der Waals surface area (Å²) in [6.45, 7) is 3.16. The number of hydrogen-bond donors (Lipinski definition) is 1. The molecule has 2 aromatic carbocycles. The molecule has 4 nitrogen and oxygen atoms in total. The van der Waals surface area contributed by atoms with Crippen LogP contribution in [-0.4, -0.2) is 24.7 Å². The van der Waals surface area contributed by atoms with Gasteiger partial charge in [0, 0.05) is 5.56 Å². The minimum absolute atomic E-state index is 0.0334. The van der Waals surface area contributed by atoms with Crippen LogP contribution in [0.25, 0.3) is 11.1 Å². The van der Waals surface area contributed by atoms with Crippen LogP contribution in [0.4, 0.5) is 0 Å². The highest BCUT2D eigenvalue weighted by Crippen LogP contribution is 2.30. The van der Waals surface area contributed by atoms with Gasteiger partial charge in [-0.15, -0.1) is 0 Å². The average molecular weight is 304 g/mol. The lowest BCUT2D eigenvalue weighted by molar-refractivity contribution is 0.0696. The smallest absolute Gasteiger partial charge is 0.335 e. The van der Waals surface area contributed by atoms with Gasteiger partial charge >= 0.3 is 5.97 Å². The molecule has 110 valence electrons. The summed E-state index contributed by atoms with van der Waals surface area (Å²) in [7, 11) is -3.58. The second-order valence-electron chi connectivity index (χ2n) is 4.98. The number of aromatic carboxylic acids is 1. The van der Waals surface area contributed by atoms with Crippen molar-refractivity contribution in [1.29, 1.82) is 0 Å². The molecule has 0 fully saturated rings. The van der Waals surface area contributed by atoms with Gasteiger partial charge in [0.05, 0.1) is 15.7 Å². The van der Waals surface area contributed by atoms with E-state index in [0.29, 0.717) is 5.56 Å². The molecule has 0 unspecified atom stereocenters. The Labute approximate surface area is 124 Å². The first kappa shape index (κ1) is 15.3. The van der Waals surface area contributed by atoms with Crippen molar-refractivity contribution in [3.05, 3.63) is 54.1 Å². The maximum absolute atomic E-state index is 12.5. The quantitative estimate of drug-likeness (QED) is 0.941. The lowest BCUT2D eigenvalue weighted by atomic mass is 10.0. The van der Waals surface area contributed by atoms with Gasteiger partial charge in [0.15, 0.2) is 9.84 Å². The SMILES string of the molecule is CC(C)S(=O)(=O)c1cc(C(=O)O)ccc1-c1ccccc1. The maximum atomic E-state index is 12.5. The van der Waals surface area contributed by atoms with Crippen molar-refractivity contribution >= 4 is 15.8 Å². The summed E-state index contributed by atoms with van der Waals surface area (Å²) in [6.07, 6.45) is 0. The Hall–Kier alpha value is -2.14. The molecule has 0 spiro atoms. The van der Waals surface area contributed by atoms with E-state index in [2.05, 4.69) is 0 Å². The van der Waals surface area contributed by atoms with Gasteiger partial charge in [0.1, 0.15) is 0 Å². The number of carboxylic acid groups (broad SMARTS) is 1. The number of carbonyl (C=O) groups is 1. The summed E-state index contributed by atoms with van der Waals surface area (Å²) in [4.78, 5) is 11.2. The van der Waals surface area contributed by atoms with Gasteiger partial charge in [-0.3, -0.25) is 0 Å². The molecule has 2 aromatic rings. The fraction of sp³-hybridized carbons (Fsp3) is 0.188.